The number of aromatic nitrogens is 2. The van der Waals surface area contributed by atoms with Crippen molar-refractivity contribution in [3.8, 4) is 0 Å². The van der Waals surface area contributed by atoms with E-state index >= 15 is 0 Å². The molecule has 5 nitrogen and oxygen atoms in total. The molecular formula is C12H25N5. The van der Waals surface area contributed by atoms with E-state index in [1.807, 2.05) is 10.9 Å². The highest BCUT2D eigenvalue weighted by Crippen LogP contribution is 2.02. The van der Waals surface area contributed by atoms with Crippen molar-refractivity contribution in [3.63, 3.8) is 0 Å². The van der Waals surface area contributed by atoms with E-state index in [0.29, 0.717) is 6.04 Å². The summed E-state index contributed by atoms with van der Waals surface area (Å²) in [5.74, 6) is 0. The van der Waals surface area contributed by atoms with Crippen LogP contribution >= 0.6 is 0 Å². The quantitative estimate of drug-likeness (QED) is 0.762. The van der Waals surface area contributed by atoms with Gasteiger partial charge < -0.3 is 10.6 Å². The van der Waals surface area contributed by atoms with E-state index in [9.17, 15) is 0 Å². The van der Waals surface area contributed by atoms with Gasteiger partial charge in [0, 0.05) is 25.3 Å². The highest BCUT2D eigenvalue weighted by molar-refractivity contribution is 5.30. The van der Waals surface area contributed by atoms with E-state index in [1.165, 1.54) is 0 Å². The van der Waals surface area contributed by atoms with Crippen molar-refractivity contribution in [2.45, 2.75) is 26.4 Å². The van der Waals surface area contributed by atoms with Gasteiger partial charge in [-0.15, -0.1) is 0 Å². The van der Waals surface area contributed by atoms with Gasteiger partial charge in [-0.2, -0.15) is 5.10 Å². The molecule has 0 radical (unpaired) electrons. The number of anilines is 1. The molecule has 0 amide bonds. The number of hydrogen-bond acceptors (Lipinski definition) is 4. The molecule has 0 saturated heterocycles. The van der Waals surface area contributed by atoms with E-state index in [4.69, 9.17) is 5.73 Å². The highest BCUT2D eigenvalue weighted by Gasteiger charge is 2.12. The Hall–Kier alpha value is -1.07. The van der Waals surface area contributed by atoms with E-state index < -0.39 is 0 Å². The molecule has 0 aliphatic heterocycles. The summed E-state index contributed by atoms with van der Waals surface area (Å²) in [7, 11) is 4.22. The van der Waals surface area contributed by atoms with Gasteiger partial charge in [0.1, 0.15) is 0 Å². The fraction of sp³-hybridized carbons (Fsp3) is 0.750. The lowest BCUT2D eigenvalue weighted by Gasteiger charge is -2.29. The van der Waals surface area contributed by atoms with Crippen LogP contribution in [-0.2, 0) is 6.54 Å². The lowest BCUT2D eigenvalue weighted by Crippen LogP contribution is -2.41. The largest absolute Gasteiger partial charge is 0.396 e. The Morgan fingerprint density at radius 2 is 2.18 bits per heavy atom. The molecule has 1 rings (SSSR count). The molecule has 1 heterocycles. The third-order valence-electron chi connectivity index (χ3n) is 2.93. The molecule has 0 aliphatic rings. The van der Waals surface area contributed by atoms with Gasteiger partial charge in [0.05, 0.1) is 18.4 Å². The maximum absolute atomic E-state index is 5.64. The summed E-state index contributed by atoms with van der Waals surface area (Å²) in [5, 5.41) is 4.20. The summed E-state index contributed by atoms with van der Waals surface area (Å²) < 4.78 is 1.90. The van der Waals surface area contributed by atoms with Gasteiger partial charge in [-0.3, -0.25) is 9.58 Å². The molecule has 17 heavy (non-hydrogen) atoms. The third-order valence-corrected chi connectivity index (χ3v) is 2.93. The maximum atomic E-state index is 5.64. The zero-order chi connectivity index (χ0) is 12.8. The molecule has 98 valence electrons. The SMILES string of the molecule is CCN(CCn1cc(N)cn1)C(C)CN(C)C. The molecule has 0 aliphatic carbocycles. The first-order valence-corrected chi connectivity index (χ1v) is 6.19. The molecule has 1 aromatic heterocycles. The monoisotopic (exact) mass is 239 g/mol. The number of likely N-dealkylation sites (N-methyl/N-ethyl adjacent to an activating group) is 2. The topological polar surface area (TPSA) is 50.3 Å². The minimum Gasteiger partial charge on any atom is -0.396 e. The first-order valence-electron chi connectivity index (χ1n) is 6.19. The Morgan fingerprint density at radius 3 is 2.65 bits per heavy atom. The smallest absolute Gasteiger partial charge is 0.0719 e. The number of nitrogens with zero attached hydrogens (tertiary/aromatic N) is 4. The summed E-state index contributed by atoms with van der Waals surface area (Å²) in [6.07, 6.45) is 3.57. The molecule has 0 aromatic carbocycles. The number of rotatable bonds is 7. The zero-order valence-corrected chi connectivity index (χ0v) is 11.4. The van der Waals surface area contributed by atoms with E-state index in [0.717, 1.165) is 31.9 Å². The minimum atomic E-state index is 0.558. The second kappa shape index (κ2) is 6.61. The van der Waals surface area contributed by atoms with E-state index in [2.05, 4.69) is 42.8 Å². The lowest BCUT2D eigenvalue weighted by molar-refractivity contribution is 0.174. The Bertz CT molecular complexity index is 320. The molecule has 0 bridgehead atoms. The summed E-state index contributed by atoms with van der Waals surface area (Å²) in [6.45, 7) is 8.50. The summed E-state index contributed by atoms with van der Waals surface area (Å²) in [4.78, 5) is 4.68. The molecule has 1 unspecified atom stereocenters. The van der Waals surface area contributed by atoms with Gasteiger partial charge in [0.15, 0.2) is 0 Å². The average molecular weight is 239 g/mol. The van der Waals surface area contributed by atoms with Crippen LogP contribution in [0.2, 0.25) is 0 Å². The predicted molar refractivity (Wildman–Crippen MR) is 71.9 cm³/mol. The van der Waals surface area contributed by atoms with Crippen molar-refractivity contribution >= 4 is 5.69 Å². The predicted octanol–water partition coefficient (Wildman–Crippen LogP) is 0.737. The Labute approximate surface area is 104 Å². The molecule has 0 saturated carbocycles. The summed E-state index contributed by atoms with van der Waals surface area (Å²) >= 11 is 0. The fourth-order valence-corrected chi connectivity index (χ4v) is 2.07. The normalized spacial score (nSPS) is 13.5. The number of nitrogens with two attached hydrogens (primary N) is 1. The second-order valence-corrected chi connectivity index (χ2v) is 4.78. The van der Waals surface area contributed by atoms with Crippen molar-refractivity contribution < 1.29 is 0 Å². The van der Waals surface area contributed by atoms with E-state index in [1.54, 1.807) is 6.20 Å². The molecular weight excluding hydrogens is 214 g/mol. The summed E-state index contributed by atoms with van der Waals surface area (Å²) in [5.41, 5.74) is 6.37. The molecule has 0 spiro atoms. The van der Waals surface area contributed by atoms with Gasteiger partial charge in [-0.1, -0.05) is 6.92 Å². The van der Waals surface area contributed by atoms with Crippen molar-refractivity contribution in [1.82, 2.24) is 19.6 Å². The van der Waals surface area contributed by atoms with Crippen LogP contribution in [-0.4, -0.2) is 59.4 Å². The van der Waals surface area contributed by atoms with Crippen molar-refractivity contribution in [1.29, 1.82) is 0 Å². The second-order valence-electron chi connectivity index (χ2n) is 4.78. The van der Waals surface area contributed by atoms with Crippen LogP contribution in [0.4, 0.5) is 5.69 Å². The van der Waals surface area contributed by atoms with Crippen LogP contribution in [0.3, 0.4) is 0 Å². The standard InChI is InChI=1S/C12H25N5/c1-5-16(11(2)9-15(3)4)6-7-17-10-12(13)8-14-17/h8,10-11H,5-7,9,13H2,1-4H3. The minimum absolute atomic E-state index is 0.558. The van der Waals surface area contributed by atoms with Crippen LogP contribution in [0.15, 0.2) is 12.4 Å². The van der Waals surface area contributed by atoms with Gasteiger partial charge >= 0.3 is 0 Å². The highest BCUT2D eigenvalue weighted by atomic mass is 15.3. The van der Waals surface area contributed by atoms with E-state index in [-0.39, 0.29) is 0 Å². The Kier molecular flexibility index (Phi) is 5.44. The first-order chi connectivity index (χ1) is 8.02. The molecule has 5 heteroatoms. The van der Waals surface area contributed by atoms with Crippen LogP contribution in [0.5, 0.6) is 0 Å². The van der Waals surface area contributed by atoms with Crippen LogP contribution in [0.25, 0.3) is 0 Å². The van der Waals surface area contributed by atoms with Crippen molar-refractivity contribution in [2.75, 3.05) is 39.5 Å². The Morgan fingerprint density at radius 1 is 1.47 bits per heavy atom. The molecule has 1 atom stereocenters. The summed E-state index contributed by atoms with van der Waals surface area (Å²) in [6, 6.07) is 0.558. The fourth-order valence-electron chi connectivity index (χ4n) is 2.07. The van der Waals surface area contributed by atoms with Crippen LogP contribution < -0.4 is 5.73 Å². The molecule has 1 aromatic rings. The molecule has 0 fully saturated rings. The average Bonchev–Trinajstić information content (AvgIpc) is 2.64. The van der Waals surface area contributed by atoms with Gasteiger partial charge in [0.25, 0.3) is 0 Å². The zero-order valence-electron chi connectivity index (χ0n) is 11.4. The Balaban J connectivity index is 2.41. The molecule has 2 N–H and O–H groups in total. The van der Waals surface area contributed by atoms with Gasteiger partial charge in [-0.25, -0.2) is 0 Å². The number of nitrogen functional groups attached to an aromatic ring is 1. The van der Waals surface area contributed by atoms with Gasteiger partial charge in [0.2, 0.25) is 0 Å². The lowest BCUT2D eigenvalue weighted by atomic mass is 10.2. The van der Waals surface area contributed by atoms with Crippen LogP contribution in [0, 0.1) is 0 Å². The maximum Gasteiger partial charge on any atom is 0.0719 e. The first kappa shape index (κ1) is 14.0. The van der Waals surface area contributed by atoms with Crippen LogP contribution in [0.1, 0.15) is 13.8 Å². The number of hydrogen-bond donors (Lipinski definition) is 1. The third kappa shape index (κ3) is 4.75. The van der Waals surface area contributed by atoms with Gasteiger partial charge in [-0.05, 0) is 27.6 Å². The van der Waals surface area contributed by atoms with Crippen molar-refractivity contribution in [2.24, 2.45) is 0 Å². The van der Waals surface area contributed by atoms with Crippen molar-refractivity contribution in [3.05, 3.63) is 12.4 Å².